The number of rotatable bonds is 6. The van der Waals surface area contributed by atoms with Gasteiger partial charge in [0.2, 0.25) is 0 Å². The molecule has 3 heteroatoms. The van der Waals surface area contributed by atoms with Crippen molar-refractivity contribution in [3.05, 3.63) is 34.4 Å². The van der Waals surface area contributed by atoms with Crippen molar-refractivity contribution >= 4 is 5.97 Å². The molecule has 0 amide bonds. The van der Waals surface area contributed by atoms with Gasteiger partial charge in [0.25, 0.3) is 0 Å². The molecular weight excluding hydrogens is 262 g/mol. The van der Waals surface area contributed by atoms with E-state index in [-0.39, 0.29) is 5.41 Å². The molecule has 0 heterocycles. The molecule has 0 saturated carbocycles. The Kier molecular flexibility index (Phi) is 5.97. The summed E-state index contributed by atoms with van der Waals surface area (Å²) in [5.41, 5.74) is 5.13. The van der Waals surface area contributed by atoms with E-state index in [1.165, 1.54) is 22.3 Å². The van der Waals surface area contributed by atoms with Gasteiger partial charge >= 0.3 is 5.97 Å². The van der Waals surface area contributed by atoms with Gasteiger partial charge in [-0.3, -0.25) is 4.79 Å². The number of benzene rings is 1. The highest BCUT2D eigenvalue weighted by Gasteiger charge is 2.18. The topological polar surface area (TPSA) is 49.3 Å². The van der Waals surface area contributed by atoms with E-state index >= 15 is 0 Å². The molecule has 2 N–H and O–H groups in total. The SMILES string of the molecule is CCCC(NCc1c(C)cc(C(C)(C)C)cc1C)C(=O)O. The smallest absolute Gasteiger partial charge is 0.320 e. The third kappa shape index (κ3) is 4.85. The first kappa shape index (κ1) is 17.7. The molecule has 21 heavy (non-hydrogen) atoms. The van der Waals surface area contributed by atoms with Gasteiger partial charge in [-0.05, 0) is 47.9 Å². The van der Waals surface area contributed by atoms with E-state index in [0.29, 0.717) is 13.0 Å². The summed E-state index contributed by atoms with van der Waals surface area (Å²) in [6, 6.07) is 3.98. The van der Waals surface area contributed by atoms with Gasteiger partial charge < -0.3 is 10.4 Å². The van der Waals surface area contributed by atoms with Gasteiger partial charge in [-0.2, -0.15) is 0 Å². The second-order valence-corrected chi connectivity index (χ2v) is 6.90. The molecule has 0 aromatic heterocycles. The molecule has 0 aliphatic rings. The lowest BCUT2D eigenvalue weighted by Gasteiger charge is -2.23. The normalized spacial score (nSPS) is 13.2. The molecule has 1 atom stereocenters. The summed E-state index contributed by atoms with van der Waals surface area (Å²) in [4.78, 5) is 11.2. The molecular formula is C18H29NO2. The van der Waals surface area contributed by atoms with Crippen molar-refractivity contribution in [3.63, 3.8) is 0 Å². The van der Waals surface area contributed by atoms with Crippen LogP contribution in [-0.2, 0) is 16.8 Å². The average Bonchev–Trinajstić information content (AvgIpc) is 2.34. The molecule has 1 rings (SSSR count). The van der Waals surface area contributed by atoms with E-state index < -0.39 is 12.0 Å². The third-order valence-corrected chi connectivity index (χ3v) is 3.96. The zero-order chi connectivity index (χ0) is 16.2. The van der Waals surface area contributed by atoms with Crippen molar-refractivity contribution < 1.29 is 9.90 Å². The van der Waals surface area contributed by atoms with E-state index in [4.69, 9.17) is 0 Å². The maximum absolute atomic E-state index is 11.2. The molecule has 0 bridgehead atoms. The van der Waals surface area contributed by atoms with Crippen LogP contribution in [0.15, 0.2) is 12.1 Å². The van der Waals surface area contributed by atoms with Crippen LogP contribution in [0.3, 0.4) is 0 Å². The van der Waals surface area contributed by atoms with Crippen LogP contribution < -0.4 is 5.32 Å². The summed E-state index contributed by atoms with van der Waals surface area (Å²) in [6.45, 7) is 13.5. The van der Waals surface area contributed by atoms with Crippen molar-refractivity contribution in [2.24, 2.45) is 0 Å². The fourth-order valence-corrected chi connectivity index (χ4v) is 2.53. The van der Waals surface area contributed by atoms with Crippen molar-refractivity contribution in [2.45, 2.75) is 72.4 Å². The molecule has 0 aliphatic heterocycles. The second kappa shape index (κ2) is 7.08. The van der Waals surface area contributed by atoms with Crippen LogP contribution in [-0.4, -0.2) is 17.1 Å². The largest absolute Gasteiger partial charge is 0.480 e. The lowest BCUT2D eigenvalue weighted by atomic mass is 9.84. The fraction of sp³-hybridized carbons (Fsp3) is 0.611. The highest BCUT2D eigenvalue weighted by Crippen LogP contribution is 2.26. The molecule has 1 unspecified atom stereocenters. The number of nitrogens with one attached hydrogen (secondary N) is 1. The zero-order valence-electron chi connectivity index (χ0n) is 14.2. The number of carboxylic acid groups (broad SMARTS) is 1. The summed E-state index contributed by atoms with van der Waals surface area (Å²) in [6.07, 6.45) is 1.53. The molecule has 0 aliphatic carbocycles. The Labute approximate surface area is 128 Å². The van der Waals surface area contributed by atoms with Gasteiger partial charge in [0, 0.05) is 6.54 Å². The minimum atomic E-state index is -0.765. The van der Waals surface area contributed by atoms with Crippen LogP contribution in [0.5, 0.6) is 0 Å². The van der Waals surface area contributed by atoms with Gasteiger partial charge in [-0.1, -0.05) is 46.2 Å². The Morgan fingerprint density at radius 3 is 2.14 bits per heavy atom. The first-order chi connectivity index (χ1) is 9.66. The van der Waals surface area contributed by atoms with Crippen molar-refractivity contribution in [3.8, 4) is 0 Å². The summed E-state index contributed by atoms with van der Waals surface area (Å²) in [7, 11) is 0. The highest BCUT2D eigenvalue weighted by molar-refractivity contribution is 5.73. The van der Waals surface area contributed by atoms with Gasteiger partial charge in [0.15, 0.2) is 0 Å². The average molecular weight is 291 g/mol. The van der Waals surface area contributed by atoms with Gasteiger partial charge in [-0.15, -0.1) is 0 Å². The molecule has 0 saturated heterocycles. The van der Waals surface area contributed by atoms with Crippen LogP contribution in [0.1, 0.15) is 62.8 Å². The van der Waals surface area contributed by atoms with Crippen LogP contribution in [0.25, 0.3) is 0 Å². The number of aliphatic carboxylic acids is 1. The quantitative estimate of drug-likeness (QED) is 0.834. The number of carboxylic acids is 1. The molecule has 118 valence electrons. The van der Waals surface area contributed by atoms with Crippen LogP contribution in [0.4, 0.5) is 0 Å². The fourth-order valence-electron chi connectivity index (χ4n) is 2.53. The lowest BCUT2D eigenvalue weighted by Crippen LogP contribution is -2.36. The first-order valence-electron chi connectivity index (χ1n) is 7.73. The van der Waals surface area contributed by atoms with E-state index in [1.807, 2.05) is 6.92 Å². The Bertz CT molecular complexity index is 477. The van der Waals surface area contributed by atoms with Crippen molar-refractivity contribution in [1.29, 1.82) is 0 Å². The van der Waals surface area contributed by atoms with E-state index in [1.54, 1.807) is 0 Å². The zero-order valence-corrected chi connectivity index (χ0v) is 14.2. The maximum atomic E-state index is 11.2. The van der Waals surface area contributed by atoms with Crippen molar-refractivity contribution in [2.75, 3.05) is 0 Å². The Balaban J connectivity index is 2.92. The van der Waals surface area contributed by atoms with Crippen LogP contribution >= 0.6 is 0 Å². The molecule has 0 radical (unpaired) electrons. The second-order valence-electron chi connectivity index (χ2n) is 6.90. The van der Waals surface area contributed by atoms with E-state index in [2.05, 4.69) is 52.1 Å². The Morgan fingerprint density at radius 2 is 1.76 bits per heavy atom. The molecule has 3 nitrogen and oxygen atoms in total. The van der Waals surface area contributed by atoms with Crippen LogP contribution in [0.2, 0.25) is 0 Å². The standard InChI is InChI=1S/C18H29NO2/c1-7-8-16(17(20)21)19-11-15-12(2)9-14(10-13(15)3)18(4,5)6/h9-10,16,19H,7-8,11H2,1-6H3,(H,20,21). The van der Waals surface area contributed by atoms with Crippen LogP contribution in [0, 0.1) is 13.8 Å². The maximum Gasteiger partial charge on any atom is 0.320 e. The molecule has 0 spiro atoms. The van der Waals surface area contributed by atoms with E-state index in [9.17, 15) is 9.90 Å². The summed E-state index contributed by atoms with van der Waals surface area (Å²) < 4.78 is 0. The lowest BCUT2D eigenvalue weighted by molar-refractivity contribution is -0.139. The Morgan fingerprint density at radius 1 is 1.24 bits per heavy atom. The summed E-state index contributed by atoms with van der Waals surface area (Å²) in [5.74, 6) is -0.765. The van der Waals surface area contributed by atoms with E-state index in [0.717, 1.165) is 6.42 Å². The predicted octanol–water partition coefficient (Wildman–Crippen LogP) is 3.94. The Hall–Kier alpha value is -1.35. The summed E-state index contributed by atoms with van der Waals surface area (Å²) in [5, 5.41) is 12.4. The minimum absolute atomic E-state index is 0.132. The number of hydrogen-bond acceptors (Lipinski definition) is 2. The molecule has 1 aromatic carbocycles. The van der Waals surface area contributed by atoms with Gasteiger partial charge in [-0.25, -0.2) is 0 Å². The molecule has 0 fully saturated rings. The highest BCUT2D eigenvalue weighted by atomic mass is 16.4. The number of aryl methyl sites for hydroxylation is 2. The van der Waals surface area contributed by atoms with Crippen molar-refractivity contribution in [1.82, 2.24) is 5.32 Å². The predicted molar refractivity (Wildman–Crippen MR) is 87.8 cm³/mol. The number of carbonyl (C=O) groups is 1. The molecule has 1 aromatic rings. The first-order valence-corrected chi connectivity index (χ1v) is 7.73. The van der Waals surface area contributed by atoms with Gasteiger partial charge in [0.05, 0.1) is 0 Å². The third-order valence-electron chi connectivity index (χ3n) is 3.96. The van der Waals surface area contributed by atoms with Gasteiger partial charge in [0.1, 0.15) is 6.04 Å². The monoisotopic (exact) mass is 291 g/mol. The number of hydrogen-bond donors (Lipinski definition) is 2. The summed E-state index contributed by atoms with van der Waals surface area (Å²) >= 11 is 0. The minimum Gasteiger partial charge on any atom is -0.480 e.